The lowest BCUT2D eigenvalue weighted by molar-refractivity contribution is -0.141. The highest BCUT2D eigenvalue weighted by molar-refractivity contribution is 7.99. The van der Waals surface area contributed by atoms with Crippen LogP contribution in [0.25, 0.3) is 0 Å². The van der Waals surface area contributed by atoms with Crippen LogP contribution in [0.15, 0.2) is 0 Å². The van der Waals surface area contributed by atoms with E-state index in [0.717, 1.165) is 12.3 Å². The van der Waals surface area contributed by atoms with E-state index in [1.807, 2.05) is 0 Å². The van der Waals surface area contributed by atoms with E-state index in [-0.39, 0.29) is 12.4 Å². The second-order valence-corrected chi connectivity index (χ2v) is 4.29. The van der Waals surface area contributed by atoms with Gasteiger partial charge in [-0.05, 0) is 6.92 Å². The molecule has 90 valence electrons. The van der Waals surface area contributed by atoms with Gasteiger partial charge in [-0.3, -0.25) is 4.79 Å². The Morgan fingerprint density at radius 3 is 2.80 bits per heavy atom. The number of nitrogens with two attached hydrogens (primary N) is 1. The molecule has 5 N–H and O–H groups in total. The Bertz CT molecular complexity index is 202. The number of rotatable bonds is 8. The number of carbonyl (C=O) groups is 1. The highest BCUT2D eigenvalue weighted by atomic mass is 35.5. The zero-order valence-electron chi connectivity index (χ0n) is 8.66. The summed E-state index contributed by atoms with van der Waals surface area (Å²) in [5, 5.41) is 18.4. The van der Waals surface area contributed by atoms with Gasteiger partial charge in [0.05, 0.1) is 0 Å². The fraction of sp³-hybridized carbons (Fsp3) is 0.750. The van der Waals surface area contributed by atoms with Gasteiger partial charge in [0.15, 0.2) is 0 Å². The summed E-state index contributed by atoms with van der Waals surface area (Å²) in [6, 6.07) is 0. The summed E-state index contributed by atoms with van der Waals surface area (Å²) >= 11 is 1.50. The molecule has 0 radical (unpaired) electrons. The Kier molecular flexibility index (Phi) is 10.2. The van der Waals surface area contributed by atoms with Crippen LogP contribution in [0, 0.1) is 5.41 Å². The lowest BCUT2D eigenvalue weighted by atomic mass is 10.1. The van der Waals surface area contributed by atoms with Crippen molar-refractivity contribution in [2.24, 2.45) is 5.73 Å². The van der Waals surface area contributed by atoms with Crippen molar-refractivity contribution in [1.29, 1.82) is 5.41 Å². The van der Waals surface area contributed by atoms with Gasteiger partial charge in [-0.25, -0.2) is 0 Å². The van der Waals surface area contributed by atoms with Crippen LogP contribution in [-0.2, 0) is 4.79 Å². The molecule has 0 rings (SSSR count). The normalized spacial score (nSPS) is 13.7. The number of carboxylic acid groups (broad SMARTS) is 1. The highest BCUT2D eigenvalue weighted by Gasteiger charge is 2.27. The van der Waals surface area contributed by atoms with Crippen LogP contribution in [0.1, 0.15) is 6.92 Å². The van der Waals surface area contributed by atoms with Crippen molar-refractivity contribution in [2.75, 3.05) is 24.6 Å². The minimum Gasteiger partial charge on any atom is -0.480 e. The first-order valence-electron chi connectivity index (χ1n) is 4.30. The summed E-state index contributed by atoms with van der Waals surface area (Å²) in [6.45, 7) is 2.82. The monoisotopic (exact) mass is 255 g/mol. The molecule has 0 aliphatic heterocycles. The van der Waals surface area contributed by atoms with Gasteiger partial charge in [0.1, 0.15) is 5.54 Å². The third-order valence-electron chi connectivity index (χ3n) is 1.56. The van der Waals surface area contributed by atoms with Crippen LogP contribution in [0.2, 0.25) is 0 Å². The number of hydrogen-bond donors (Lipinski definition) is 4. The van der Waals surface area contributed by atoms with Crippen LogP contribution >= 0.6 is 24.2 Å². The molecule has 15 heavy (non-hydrogen) atoms. The average molecular weight is 256 g/mol. The Morgan fingerprint density at radius 1 is 1.73 bits per heavy atom. The zero-order valence-corrected chi connectivity index (χ0v) is 10.3. The molecule has 0 amide bonds. The predicted octanol–water partition coefficient (Wildman–Crippen LogP) is 0.183. The smallest absolute Gasteiger partial charge is 0.324 e. The number of thioether (sulfide) groups is 1. The van der Waals surface area contributed by atoms with Crippen molar-refractivity contribution in [3.63, 3.8) is 0 Å². The van der Waals surface area contributed by atoms with Crippen LogP contribution in [0.4, 0.5) is 0 Å². The topological polar surface area (TPSA) is 99.2 Å². The fourth-order valence-corrected chi connectivity index (χ4v) is 1.65. The molecular weight excluding hydrogens is 238 g/mol. The van der Waals surface area contributed by atoms with E-state index in [1.165, 1.54) is 24.9 Å². The maximum Gasteiger partial charge on any atom is 0.324 e. The largest absolute Gasteiger partial charge is 0.480 e. The van der Waals surface area contributed by atoms with Crippen LogP contribution < -0.4 is 11.1 Å². The van der Waals surface area contributed by atoms with Gasteiger partial charge in [0, 0.05) is 30.8 Å². The number of carboxylic acids is 1. The summed E-state index contributed by atoms with van der Waals surface area (Å²) < 4.78 is 0. The molecule has 0 aromatic rings. The van der Waals surface area contributed by atoms with E-state index in [4.69, 9.17) is 16.2 Å². The Hall–Kier alpha value is -0.300. The number of hydrogen-bond acceptors (Lipinski definition) is 5. The summed E-state index contributed by atoms with van der Waals surface area (Å²) in [4.78, 5) is 10.6. The van der Waals surface area contributed by atoms with Crippen molar-refractivity contribution in [2.45, 2.75) is 12.5 Å². The van der Waals surface area contributed by atoms with Gasteiger partial charge in [-0.15, -0.1) is 12.4 Å². The fourth-order valence-electron chi connectivity index (χ4n) is 0.664. The lowest BCUT2D eigenvalue weighted by Crippen LogP contribution is -2.47. The molecule has 0 saturated carbocycles. The second kappa shape index (κ2) is 8.96. The molecule has 0 aromatic heterocycles. The molecule has 0 saturated heterocycles. The van der Waals surface area contributed by atoms with E-state index < -0.39 is 11.5 Å². The Labute approximate surface area is 100 Å². The van der Waals surface area contributed by atoms with E-state index in [1.54, 1.807) is 0 Å². The van der Waals surface area contributed by atoms with E-state index >= 15 is 0 Å². The summed E-state index contributed by atoms with van der Waals surface area (Å²) in [5.41, 5.74) is 4.38. The van der Waals surface area contributed by atoms with Crippen LogP contribution in [0.5, 0.6) is 0 Å². The molecule has 0 unspecified atom stereocenters. The molecule has 7 heteroatoms. The van der Waals surface area contributed by atoms with Crippen LogP contribution in [0.3, 0.4) is 0 Å². The maximum atomic E-state index is 10.6. The van der Waals surface area contributed by atoms with Crippen molar-refractivity contribution in [3.05, 3.63) is 0 Å². The molecule has 0 aromatic carbocycles. The summed E-state index contributed by atoms with van der Waals surface area (Å²) in [6.07, 6.45) is 1.29. The minimum atomic E-state index is -1.15. The van der Waals surface area contributed by atoms with Crippen molar-refractivity contribution >= 4 is 36.4 Å². The number of nitrogens with one attached hydrogen (secondary N) is 2. The van der Waals surface area contributed by atoms with Gasteiger partial charge in [-0.1, -0.05) is 0 Å². The molecule has 1 atom stereocenters. The van der Waals surface area contributed by atoms with E-state index in [0.29, 0.717) is 12.3 Å². The van der Waals surface area contributed by atoms with Gasteiger partial charge in [0.25, 0.3) is 0 Å². The first kappa shape index (κ1) is 17.1. The zero-order chi connectivity index (χ0) is 11.0. The van der Waals surface area contributed by atoms with E-state index in [2.05, 4.69) is 5.32 Å². The van der Waals surface area contributed by atoms with Gasteiger partial charge >= 0.3 is 5.97 Å². The molecule has 0 spiro atoms. The first-order chi connectivity index (χ1) is 6.50. The number of aliphatic carboxylic acids is 1. The maximum absolute atomic E-state index is 10.6. The van der Waals surface area contributed by atoms with Gasteiger partial charge in [0.2, 0.25) is 0 Å². The van der Waals surface area contributed by atoms with Crippen molar-refractivity contribution in [1.82, 2.24) is 5.32 Å². The molecule has 0 aliphatic carbocycles. The summed E-state index contributed by atoms with van der Waals surface area (Å²) in [7, 11) is 0. The molecular formula is C8H18ClN3O2S. The molecule has 0 fully saturated rings. The summed E-state index contributed by atoms with van der Waals surface area (Å²) in [5.74, 6) is 0.222. The molecule has 0 aliphatic rings. The predicted molar refractivity (Wildman–Crippen MR) is 66.5 cm³/mol. The molecule has 5 nitrogen and oxygen atoms in total. The van der Waals surface area contributed by atoms with Crippen molar-refractivity contribution < 1.29 is 9.90 Å². The molecule has 0 heterocycles. The highest BCUT2D eigenvalue weighted by Crippen LogP contribution is 2.09. The third-order valence-corrected chi connectivity index (χ3v) is 2.86. The third kappa shape index (κ3) is 8.68. The lowest BCUT2D eigenvalue weighted by Gasteiger charge is -2.18. The number of halogens is 1. The van der Waals surface area contributed by atoms with Crippen molar-refractivity contribution in [3.8, 4) is 0 Å². The standard InChI is InChI=1S/C8H17N3O2S.ClH/c1-8(10,7(12)13)6-14-5-4-11-3-2-9;/h2,9,11H,3-6,10H2,1H3,(H,12,13);1H/t8-;/m0./s1. The minimum absolute atomic E-state index is 0. The Morgan fingerprint density at radius 2 is 2.33 bits per heavy atom. The second-order valence-electron chi connectivity index (χ2n) is 3.18. The van der Waals surface area contributed by atoms with Crippen LogP contribution in [-0.4, -0.2) is 47.4 Å². The van der Waals surface area contributed by atoms with Gasteiger partial charge in [-0.2, -0.15) is 11.8 Å². The quantitative estimate of drug-likeness (QED) is 0.366. The first-order valence-corrected chi connectivity index (χ1v) is 5.46. The Balaban J connectivity index is 0. The van der Waals surface area contributed by atoms with E-state index in [9.17, 15) is 4.79 Å². The molecule has 0 bridgehead atoms. The average Bonchev–Trinajstić information content (AvgIpc) is 2.10. The van der Waals surface area contributed by atoms with Gasteiger partial charge < -0.3 is 21.6 Å². The SMILES string of the molecule is C[C@](N)(CSCCNCC=N)C(=O)O.Cl.